The molecule has 0 aliphatic carbocycles. The van der Waals surface area contributed by atoms with Crippen molar-refractivity contribution in [1.82, 2.24) is 29.1 Å². The Morgan fingerprint density at radius 1 is 1.17 bits per heavy atom. The van der Waals surface area contributed by atoms with Crippen molar-refractivity contribution in [2.24, 2.45) is 0 Å². The average Bonchev–Trinajstić information content (AvgIpc) is 3.40. The van der Waals surface area contributed by atoms with Crippen LogP contribution in [0.25, 0.3) is 28.2 Å². The summed E-state index contributed by atoms with van der Waals surface area (Å²) in [6.45, 7) is -0.462. The fourth-order valence-corrected chi connectivity index (χ4v) is 3.65. The average molecular weight is 419 g/mol. The Balaban J connectivity index is 1.67. The van der Waals surface area contributed by atoms with Crippen molar-refractivity contribution in [2.75, 3.05) is 6.61 Å². The van der Waals surface area contributed by atoms with Crippen LogP contribution in [0.15, 0.2) is 35.4 Å². The van der Waals surface area contributed by atoms with Crippen molar-refractivity contribution in [3.8, 4) is 11.4 Å². The third kappa shape index (κ3) is 2.67. The molecule has 5 rings (SSSR count). The zero-order chi connectivity index (χ0) is 20.3. The molecule has 1 aliphatic heterocycles. The van der Waals surface area contributed by atoms with Gasteiger partial charge in [0.2, 0.25) is 0 Å². The summed E-state index contributed by atoms with van der Waals surface area (Å²) in [6, 6.07) is 6.81. The highest BCUT2D eigenvalue weighted by molar-refractivity contribution is 6.30. The predicted molar refractivity (Wildman–Crippen MR) is 100 cm³/mol. The topological polar surface area (TPSA) is 151 Å². The third-order valence-electron chi connectivity index (χ3n) is 4.99. The van der Waals surface area contributed by atoms with Gasteiger partial charge in [0, 0.05) is 10.6 Å². The van der Waals surface area contributed by atoms with Crippen LogP contribution < -0.4 is 5.69 Å². The van der Waals surface area contributed by atoms with E-state index in [1.165, 1.54) is 15.3 Å². The number of fused-ring (bicyclic) bond motifs is 3. The quantitative estimate of drug-likeness (QED) is 0.354. The minimum absolute atomic E-state index is 0.221. The summed E-state index contributed by atoms with van der Waals surface area (Å²) < 4.78 is 8.20. The number of benzene rings is 1. The van der Waals surface area contributed by atoms with E-state index in [0.717, 1.165) is 0 Å². The molecule has 0 amide bonds. The van der Waals surface area contributed by atoms with E-state index in [-0.39, 0.29) is 11.3 Å². The van der Waals surface area contributed by atoms with Crippen molar-refractivity contribution in [3.05, 3.63) is 46.1 Å². The van der Waals surface area contributed by atoms with E-state index in [4.69, 9.17) is 16.3 Å². The molecule has 0 unspecified atom stereocenters. The molecule has 1 aromatic carbocycles. The molecule has 29 heavy (non-hydrogen) atoms. The van der Waals surface area contributed by atoms with Crippen molar-refractivity contribution in [1.29, 1.82) is 0 Å². The molecule has 11 nitrogen and oxygen atoms in total. The molecule has 12 heteroatoms. The van der Waals surface area contributed by atoms with Crippen LogP contribution in [0.5, 0.6) is 0 Å². The van der Waals surface area contributed by atoms with Gasteiger partial charge in [-0.25, -0.2) is 14.2 Å². The molecule has 4 atom stereocenters. The zero-order valence-electron chi connectivity index (χ0n) is 14.7. The van der Waals surface area contributed by atoms with Crippen LogP contribution in [0.3, 0.4) is 0 Å². The number of H-pyrrole nitrogens is 1. The molecule has 4 heterocycles. The summed E-state index contributed by atoms with van der Waals surface area (Å²) in [5.74, 6) is 0.322. The Labute approximate surface area is 166 Å². The minimum Gasteiger partial charge on any atom is -0.394 e. The SMILES string of the molecule is O=c1[nH]c2c(ncn2[C@@H]2O[C@H](CO)[C@@H](O)[C@H]2O)c2nnc(-c3ccc(Cl)cc3)n12. The second kappa shape index (κ2) is 6.61. The van der Waals surface area contributed by atoms with E-state index in [2.05, 4.69) is 20.2 Å². The van der Waals surface area contributed by atoms with Gasteiger partial charge in [-0.3, -0.25) is 9.55 Å². The van der Waals surface area contributed by atoms with Crippen molar-refractivity contribution >= 4 is 28.4 Å². The molecule has 0 bridgehead atoms. The number of rotatable bonds is 3. The van der Waals surface area contributed by atoms with Crippen molar-refractivity contribution in [2.45, 2.75) is 24.5 Å². The number of hydrogen-bond acceptors (Lipinski definition) is 8. The molecule has 4 aromatic rings. The number of aliphatic hydroxyl groups excluding tert-OH is 3. The molecule has 0 spiro atoms. The highest BCUT2D eigenvalue weighted by Gasteiger charge is 2.44. The monoisotopic (exact) mass is 418 g/mol. The normalized spacial score (nSPS) is 24.7. The van der Waals surface area contributed by atoms with Crippen LogP contribution in [-0.2, 0) is 4.74 Å². The summed E-state index contributed by atoms with van der Waals surface area (Å²) in [5.41, 5.74) is 0.923. The maximum absolute atomic E-state index is 12.8. The lowest BCUT2D eigenvalue weighted by Gasteiger charge is -2.16. The van der Waals surface area contributed by atoms with Gasteiger partial charge in [-0.2, -0.15) is 0 Å². The smallest absolute Gasteiger partial charge is 0.334 e. The lowest BCUT2D eigenvalue weighted by Crippen LogP contribution is -2.33. The second-order valence-corrected chi connectivity index (χ2v) is 7.13. The molecule has 3 aromatic heterocycles. The number of imidazole rings is 1. The summed E-state index contributed by atoms with van der Waals surface area (Å²) in [4.78, 5) is 19.8. The fourth-order valence-electron chi connectivity index (χ4n) is 3.52. The maximum atomic E-state index is 12.8. The van der Waals surface area contributed by atoms with Gasteiger partial charge < -0.3 is 20.1 Å². The highest BCUT2D eigenvalue weighted by atomic mass is 35.5. The maximum Gasteiger partial charge on any atom is 0.334 e. The lowest BCUT2D eigenvalue weighted by molar-refractivity contribution is -0.0511. The van der Waals surface area contributed by atoms with E-state index in [1.807, 2.05) is 0 Å². The Kier molecular flexibility index (Phi) is 4.15. The first-order valence-electron chi connectivity index (χ1n) is 8.72. The van der Waals surface area contributed by atoms with Crippen LogP contribution in [0, 0.1) is 0 Å². The molecule has 0 saturated carbocycles. The number of ether oxygens (including phenoxy) is 1. The molecule has 150 valence electrons. The third-order valence-corrected chi connectivity index (χ3v) is 5.24. The number of nitrogens with one attached hydrogen (secondary N) is 1. The summed E-state index contributed by atoms with van der Waals surface area (Å²) in [5, 5.41) is 38.3. The lowest BCUT2D eigenvalue weighted by atomic mass is 10.1. The van der Waals surface area contributed by atoms with E-state index < -0.39 is 36.8 Å². The van der Waals surface area contributed by atoms with Crippen LogP contribution >= 0.6 is 11.6 Å². The second-order valence-electron chi connectivity index (χ2n) is 6.70. The van der Waals surface area contributed by atoms with Crippen LogP contribution in [0.2, 0.25) is 5.02 Å². The molecule has 1 saturated heterocycles. The van der Waals surface area contributed by atoms with Gasteiger partial charge in [0.05, 0.1) is 12.9 Å². The number of nitrogens with zero attached hydrogens (tertiary/aromatic N) is 5. The van der Waals surface area contributed by atoms with E-state index in [0.29, 0.717) is 21.9 Å². The van der Waals surface area contributed by atoms with Crippen LogP contribution in [0.1, 0.15) is 6.23 Å². The standard InChI is InChI=1S/C17H15ClN6O5/c18-8-3-1-7(2-4-8)13-21-22-15-10-14(20-17(28)24(13)15)23(6-19-10)16-12(27)11(26)9(5-25)29-16/h1-4,6,9,11-12,16,25-27H,5H2,(H,20,28)/t9-,11-,12-,16-/m1/s1. The zero-order valence-corrected chi connectivity index (χ0v) is 15.4. The van der Waals surface area contributed by atoms with Crippen LogP contribution in [0.4, 0.5) is 0 Å². The Bertz CT molecular complexity index is 1270. The van der Waals surface area contributed by atoms with E-state index in [9.17, 15) is 20.1 Å². The number of hydrogen-bond donors (Lipinski definition) is 4. The largest absolute Gasteiger partial charge is 0.394 e. The first-order chi connectivity index (χ1) is 14.0. The van der Waals surface area contributed by atoms with Gasteiger partial charge in [0.15, 0.2) is 23.2 Å². The van der Waals surface area contributed by atoms with Gasteiger partial charge in [0.25, 0.3) is 0 Å². The summed E-state index contributed by atoms with van der Waals surface area (Å²) in [6.07, 6.45) is -3.22. The van der Waals surface area contributed by atoms with Crippen molar-refractivity contribution in [3.63, 3.8) is 0 Å². The molecule has 4 N–H and O–H groups in total. The molecular formula is C17H15ClN6O5. The van der Waals surface area contributed by atoms with E-state index >= 15 is 0 Å². The Hall–Kier alpha value is -2.83. The van der Waals surface area contributed by atoms with Gasteiger partial charge in [-0.15, -0.1) is 10.2 Å². The molecule has 0 radical (unpaired) electrons. The fraction of sp³-hybridized carbons (Fsp3) is 0.294. The molecule has 1 fully saturated rings. The van der Waals surface area contributed by atoms with Crippen molar-refractivity contribution < 1.29 is 20.1 Å². The number of aromatic nitrogens is 6. The first kappa shape index (κ1) is 18.2. The predicted octanol–water partition coefficient (Wildman–Crippen LogP) is -0.301. The molecule has 1 aliphatic rings. The number of aliphatic hydroxyl groups is 3. The summed E-state index contributed by atoms with van der Waals surface area (Å²) in [7, 11) is 0. The first-order valence-corrected chi connectivity index (χ1v) is 9.09. The number of halogens is 1. The van der Waals surface area contributed by atoms with Crippen LogP contribution in [-0.4, -0.2) is 69.4 Å². The minimum atomic E-state index is -1.31. The number of aromatic amines is 1. The molecular weight excluding hydrogens is 404 g/mol. The summed E-state index contributed by atoms with van der Waals surface area (Å²) >= 11 is 5.92. The highest BCUT2D eigenvalue weighted by Crippen LogP contribution is 2.31. The van der Waals surface area contributed by atoms with E-state index in [1.54, 1.807) is 24.3 Å². The van der Waals surface area contributed by atoms with Gasteiger partial charge in [-0.05, 0) is 24.3 Å². The van der Waals surface area contributed by atoms with Gasteiger partial charge in [-0.1, -0.05) is 11.6 Å². The Morgan fingerprint density at radius 2 is 1.93 bits per heavy atom. The Morgan fingerprint density at radius 3 is 2.62 bits per heavy atom. The van der Waals surface area contributed by atoms with Gasteiger partial charge in [0.1, 0.15) is 24.0 Å². The van der Waals surface area contributed by atoms with Gasteiger partial charge >= 0.3 is 5.69 Å².